The number of nitrogens with zero attached hydrogens (tertiary/aromatic N) is 1. The van der Waals surface area contributed by atoms with Crippen molar-refractivity contribution < 1.29 is 9.53 Å². The maximum atomic E-state index is 12.4. The van der Waals surface area contributed by atoms with Gasteiger partial charge in [-0.3, -0.25) is 9.79 Å². The van der Waals surface area contributed by atoms with Gasteiger partial charge in [-0.05, 0) is 56.0 Å². The minimum absolute atomic E-state index is 0.0814. The van der Waals surface area contributed by atoms with Crippen LogP contribution in [-0.4, -0.2) is 23.8 Å². The van der Waals surface area contributed by atoms with E-state index in [1.54, 1.807) is 12.1 Å². The molecule has 2 aliphatic carbocycles. The number of esters is 1. The van der Waals surface area contributed by atoms with E-state index in [0.717, 1.165) is 36.1 Å². The number of allylic oxidation sites excluding steroid dienone is 3. The van der Waals surface area contributed by atoms with Crippen LogP contribution in [0.3, 0.4) is 0 Å². The Morgan fingerprint density at radius 1 is 1.27 bits per heavy atom. The number of hydrogen-bond donors (Lipinski definition) is 1. The predicted octanol–water partition coefficient (Wildman–Crippen LogP) is 5.39. The Morgan fingerprint density at radius 3 is 2.88 bits per heavy atom. The van der Waals surface area contributed by atoms with Crippen molar-refractivity contribution in [2.75, 3.05) is 6.61 Å². The van der Waals surface area contributed by atoms with Crippen LogP contribution in [0.4, 0.5) is 0 Å². The molecule has 1 heterocycles. The van der Waals surface area contributed by atoms with E-state index in [1.165, 1.54) is 11.1 Å². The highest BCUT2D eigenvalue weighted by atomic mass is 16.5. The van der Waals surface area contributed by atoms with Crippen LogP contribution >= 0.6 is 0 Å². The second-order valence-electron chi connectivity index (χ2n) is 8.68. The molecule has 4 rings (SSSR count). The van der Waals surface area contributed by atoms with E-state index in [4.69, 9.17) is 9.73 Å². The Hall–Kier alpha value is -3.47. The highest BCUT2D eigenvalue weighted by molar-refractivity contribution is 5.94. The molecule has 0 amide bonds. The summed E-state index contributed by atoms with van der Waals surface area (Å²) in [5.74, 6) is -0.0885. The summed E-state index contributed by atoms with van der Waals surface area (Å²) in [6.45, 7) is 6.59. The van der Waals surface area contributed by atoms with Crippen molar-refractivity contribution in [1.82, 2.24) is 4.98 Å². The molecular weight excluding hydrogens is 412 g/mol. The highest BCUT2D eigenvalue weighted by Gasteiger charge is 2.46. The summed E-state index contributed by atoms with van der Waals surface area (Å²) in [5, 5.41) is 0. The number of aromatic nitrogens is 1. The average Bonchev–Trinajstić information content (AvgIpc) is 2.80. The second kappa shape index (κ2) is 9.57. The van der Waals surface area contributed by atoms with Crippen molar-refractivity contribution in [2.24, 2.45) is 10.9 Å². The standard InChI is InChI=1S/C28H30N2O3/c1-4-15-33-27(32)22-11-7-6-9-20(22)10-8-14-29-28-18-19(3)16-21(23(28)5-2)17-25-24(28)12-13-26(31)30-25/h5-14,16,21H,4,15,17-18H2,1-3H3,(H,30,31)/b10-8+,23-5+,29-14+/t21-,28+/m0/s1. The quantitative estimate of drug-likeness (QED) is 0.370. The summed E-state index contributed by atoms with van der Waals surface area (Å²) in [4.78, 5) is 32.5. The van der Waals surface area contributed by atoms with E-state index in [1.807, 2.05) is 49.6 Å². The molecule has 170 valence electrons. The van der Waals surface area contributed by atoms with Crippen molar-refractivity contribution in [3.8, 4) is 0 Å². The highest BCUT2D eigenvalue weighted by Crippen LogP contribution is 2.51. The fraction of sp³-hybridized carbons (Fsp3) is 0.321. The molecule has 1 aromatic carbocycles. The molecule has 2 aliphatic rings. The maximum Gasteiger partial charge on any atom is 0.338 e. The van der Waals surface area contributed by atoms with E-state index < -0.39 is 5.54 Å². The Balaban J connectivity index is 1.69. The lowest BCUT2D eigenvalue weighted by Crippen LogP contribution is -2.40. The molecule has 2 aromatic rings. The summed E-state index contributed by atoms with van der Waals surface area (Å²) in [6, 6.07) is 10.9. The lowest BCUT2D eigenvalue weighted by atomic mass is 9.63. The smallest absolute Gasteiger partial charge is 0.338 e. The molecule has 1 aromatic heterocycles. The maximum absolute atomic E-state index is 12.4. The van der Waals surface area contributed by atoms with Gasteiger partial charge in [0.15, 0.2) is 0 Å². The van der Waals surface area contributed by atoms with Gasteiger partial charge in [-0.1, -0.05) is 48.9 Å². The number of rotatable bonds is 6. The Bertz CT molecular complexity index is 1230. The van der Waals surface area contributed by atoms with Crippen molar-refractivity contribution in [3.63, 3.8) is 0 Å². The molecular formula is C28H30N2O3. The number of carbonyl (C=O) groups excluding carboxylic acids is 1. The third-order valence-electron chi connectivity index (χ3n) is 6.35. The van der Waals surface area contributed by atoms with Gasteiger partial charge in [-0.15, -0.1) is 0 Å². The average molecular weight is 443 g/mol. The molecule has 0 radical (unpaired) electrons. The first-order valence-electron chi connectivity index (χ1n) is 11.5. The van der Waals surface area contributed by atoms with Gasteiger partial charge in [0.2, 0.25) is 5.56 Å². The number of benzene rings is 1. The number of aromatic amines is 1. The van der Waals surface area contributed by atoms with E-state index in [0.29, 0.717) is 12.2 Å². The van der Waals surface area contributed by atoms with Gasteiger partial charge in [0, 0.05) is 35.9 Å². The molecule has 5 nitrogen and oxygen atoms in total. The summed E-state index contributed by atoms with van der Waals surface area (Å²) in [6.07, 6.45) is 12.4. The lowest BCUT2D eigenvalue weighted by molar-refractivity contribution is 0.0505. The molecule has 33 heavy (non-hydrogen) atoms. The number of ether oxygens (including phenoxy) is 1. The van der Waals surface area contributed by atoms with Crippen LogP contribution in [0.25, 0.3) is 6.08 Å². The van der Waals surface area contributed by atoms with Crippen LogP contribution in [-0.2, 0) is 16.7 Å². The third kappa shape index (κ3) is 4.40. The minimum Gasteiger partial charge on any atom is -0.462 e. The molecule has 0 saturated carbocycles. The summed E-state index contributed by atoms with van der Waals surface area (Å²) in [7, 11) is 0. The van der Waals surface area contributed by atoms with Gasteiger partial charge in [-0.25, -0.2) is 4.79 Å². The minimum atomic E-state index is -0.528. The molecule has 2 atom stereocenters. The number of hydrogen-bond acceptors (Lipinski definition) is 4. The summed E-state index contributed by atoms with van der Waals surface area (Å²) < 4.78 is 5.31. The zero-order chi connectivity index (χ0) is 23.4. The molecule has 1 N–H and O–H groups in total. The number of pyridine rings is 1. The Kier molecular flexibility index (Phi) is 6.59. The Labute approximate surface area is 194 Å². The molecule has 0 aliphatic heterocycles. The largest absolute Gasteiger partial charge is 0.462 e. The summed E-state index contributed by atoms with van der Waals surface area (Å²) in [5.41, 5.74) is 5.31. The lowest BCUT2D eigenvalue weighted by Gasteiger charge is -2.45. The van der Waals surface area contributed by atoms with Gasteiger partial charge < -0.3 is 9.72 Å². The SMILES string of the molecule is C/C=C1\[C@H]2C=C(C)C[C@]1(/N=C/C=C/c1ccccc1C(=O)OCCC)c1ccc(=O)[nH]c1C2. The fourth-order valence-electron chi connectivity index (χ4n) is 5.07. The second-order valence-corrected chi connectivity index (χ2v) is 8.68. The third-order valence-corrected chi connectivity index (χ3v) is 6.35. The van der Waals surface area contributed by atoms with Crippen molar-refractivity contribution in [3.05, 3.63) is 98.5 Å². The van der Waals surface area contributed by atoms with E-state index >= 15 is 0 Å². The molecule has 5 heteroatoms. The van der Waals surface area contributed by atoms with Gasteiger partial charge >= 0.3 is 5.97 Å². The zero-order valence-corrected chi connectivity index (χ0v) is 19.4. The van der Waals surface area contributed by atoms with E-state index in [9.17, 15) is 9.59 Å². The van der Waals surface area contributed by atoms with Crippen LogP contribution < -0.4 is 5.56 Å². The van der Waals surface area contributed by atoms with Crippen LogP contribution in [0.5, 0.6) is 0 Å². The van der Waals surface area contributed by atoms with Crippen molar-refractivity contribution in [2.45, 2.75) is 45.6 Å². The van der Waals surface area contributed by atoms with Crippen LogP contribution in [0.2, 0.25) is 0 Å². The van der Waals surface area contributed by atoms with E-state index in [2.05, 4.69) is 31.0 Å². The van der Waals surface area contributed by atoms with E-state index in [-0.39, 0.29) is 17.4 Å². The van der Waals surface area contributed by atoms with Gasteiger partial charge in [-0.2, -0.15) is 0 Å². The fourth-order valence-corrected chi connectivity index (χ4v) is 5.07. The number of aliphatic imine (C=N–C) groups is 1. The molecule has 0 saturated heterocycles. The molecule has 0 unspecified atom stereocenters. The summed E-state index contributed by atoms with van der Waals surface area (Å²) >= 11 is 0. The zero-order valence-electron chi connectivity index (χ0n) is 19.4. The first-order valence-corrected chi connectivity index (χ1v) is 11.5. The molecule has 0 fully saturated rings. The van der Waals surface area contributed by atoms with Crippen LogP contribution in [0, 0.1) is 5.92 Å². The van der Waals surface area contributed by atoms with Crippen LogP contribution in [0.1, 0.15) is 60.8 Å². The normalized spacial score (nSPS) is 23.1. The topological polar surface area (TPSA) is 71.5 Å². The number of fused-ring (bicyclic) bond motifs is 4. The van der Waals surface area contributed by atoms with Gasteiger partial charge in [0.25, 0.3) is 0 Å². The monoisotopic (exact) mass is 442 g/mol. The van der Waals surface area contributed by atoms with Crippen molar-refractivity contribution >= 4 is 18.3 Å². The Morgan fingerprint density at radius 2 is 2.09 bits per heavy atom. The van der Waals surface area contributed by atoms with Gasteiger partial charge in [0.05, 0.1) is 12.2 Å². The molecule has 0 spiro atoms. The molecule has 2 bridgehead atoms. The van der Waals surface area contributed by atoms with Gasteiger partial charge in [0.1, 0.15) is 5.54 Å². The first-order chi connectivity index (χ1) is 16.0. The predicted molar refractivity (Wildman–Crippen MR) is 133 cm³/mol. The van der Waals surface area contributed by atoms with Crippen LogP contribution in [0.15, 0.2) is 75.6 Å². The number of carbonyl (C=O) groups is 1. The first kappa shape index (κ1) is 22.7. The number of nitrogens with one attached hydrogen (secondary N) is 1. The number of H-pyrrole nitrogens is 1. The van der Waals surface area contributed by atoms with Crippen molar-refractivity contribution in [1.29, 1.82) is 0 Å².